The van der Waals surface area contributed by atoms with Gasteiger partial charge in [-0.3, -0.25) is 4.79 Å². The van der Waals surface area contributed by atoms with Gasteiger partial charge in [0.2, 0.25) is 0 Å². The lowest BCUT2D eigenvalue weighted by atomic mass is 10.1. The molecule has 0 aliphatic carbocycles. The fraction of sp³-hybridized carbons (Fsp3) is 0.529. The molecule has 8 heteroatoms. The first-order valence-corrected chi connectivity index (χ1v) is 10.3. The summed E-state index contributed by atoms with van der Waals surface area (Å²) in [5.74, 6) is 0.223. The predicted molar refractivity (Wildman–Crippen MR) is 95.8 cm³/mol. The Hall–Kier alpha value is -2.09. The van der Waals surface area contributed by atoms with Crippen LogP contribution in [0.4, 0.5) is 10.5 Å². The maximum absolute atomic E-state index is 12.3. The molecule has 0 radical (unpaired) electrons. The summed E-state index contributed by atoms with van der Waals surface area (Å²) in [6, 6.07) is 7.03. The number of carbonyl (C=O) groups is 2. The Balaban J connectivity index is 1.54. The molecule has 136 valence electrons. The lowest BCUT2D eigenvalue weighted by molar-refractivity contribution is 0.101. The van der Waals surface area contributed by atoms with Crippen molar-refractivity contribution < 1.29 is 18.0 Å². The molecule has 2 amide bonds. The second-order valence-corrected chi connectivity index (χ2v) is 8.86. The highest BCUT2D eigenvalue weighted by Crippen LogP contribution is 2.19. The largest absolute Gasteiger partial charge is 0.368 e. The zero-order chi connectivity index (χ0) is 18.0. The number of ketones is 1. The third kappa shape index (κ3) is 4.31. The number of piperazine rings is 1. The minimum atomic E-state index is -3.00. The van der Waals surface area contributed by atoms with E-state index in [1.165, 1.54) is 0 Å². The van der Waals surface area contributed by atoms with Crippen LogP contribution < -0.4 is 10.2 Å². The number of hydrogen-bond acceptors (Lipinski definition) is 5. The number of Topliss-reactive ketones (excluding diaryl/α,β-unsaturated/α-hetero) is 1. The molecule has 1 aromatic rings. The molecule has 2 saturated heterocycles. The number of carbonyl (C=O) groups excluding carboxylic acids is 2. The van der Waals surface area contributed by atoms with Crippen molar-refractivity contribution in [1.29, 1.82) is 0 Å². The molecule has 2 aliphatic rings. The van der Waals surface area contributed by atoms with Gasteiger partial charge in [0.25, 0.3) is 0 Å². The van der Waals surface area contributed by atoms with Crippen LogP contribution in [0.15, 0.2) is 24.3 Å². The smallest absolute Gasteiger partial charge is 0.317 e. The molecule has 0 bridgehead atoms. The topological polar surface area (TPSA) is 86.8 Å². The Morgan fingerprint density at radius 2 is 1.88 bits per heavy atom. The van der Waals surface area contributed by atoms with Gasteiger partial charge in [0.1, 0.15) is 0 Å². The van der Waals surface area contributed by atoms with E-state index < -0.39 is 9.84 Å². The molecule has 3 rings (SSSR count). The van der Waals surface area contributed by atoms with Crippen molar-refractivity contribution in [3.05, 3.63) is 29.8 Å². The van der Waals surface area contributed by atoms with E-state index in [-0.39, 0.29) is 29.4 Å². The molecular formula is C17H23N3O4S. The minimum absolute atomic E-state index is 0.0337. The van der Waals surface area contributed by atoms with Gasteiger partial charge in [-0.2, -0.15) is 0 Å². The van der Waals surface area contributed by atoms with Crippen molar-refractivity contribution in [1.82, 2.24) is 10.2 Å². The molecule has 1 unspecified atom stereocenters. The molecule has 1 N–H and O–H groups in total. The van der Waals surface area contributed by atoms with Gasteiger partial charge in [0, 0.05) is 43.5 Å². The maximum atomic E-state index is 12.3. The number of nitrogens with zero attached hydrogens (tertiary/aromatic N) is 2. The van der Waals surface area contributed by atoms with Crippen molar-refractivity contribution in [3.8, 4) is 0 Å². The van der Waals surface area contributed by atoms with E-state index in [1.54, 1.807) is 17.9 Å². The highest BCUT2D eigenvalue weighted by atomic mass is 32.2. The minimum Gasteiger partial charge on any atom is -0.368 e. The van der Waals surface area contributed by atoms with E-state index in [4.69, 9.17) is 0 Å². The monoisotopic (exact) mass is 365 g/mol. The van der Waals surface area contributed by atoms with Crippen LogP contribution in [0.5, 0.6) is 0 Å². The molecular weight excluding hydrogens is 342 g/mol. The highest BCUT2D eigenvalue weighted by Gasteiger charge is 2.31. The third-order valence-corrected chi connectivity index (χ3v) is 6.51. The first kappa shape index (κ1) is 17.7. The molecule has 0 saturated carbocycles. The molecule has 0 aromatic heterocycles. The Morgan fingerprint density at radius 3 is 2.48 bits per heavy atom. The van der Waals surface area contributed by atoms with Crippen LogP contribution in [0, 0.1) is 0 Å². The van der Waals surface area contributed by atoms with Gasteiger partial charge < -0.3 is 15.1 Å². The third-order valence-electron chi connectivity index (χ3n) is 4.74. The Kier molecular flexibility index (Phi) is 4.99. The summed E-state index contributed by atoms with van der Waals surface area (Å²) >= 11 is 0. The van der Waals surface area contributed by atoms with E-state index in [0.29, 0.717) is 38.2 Å². The number of anilines is 1. The van der Waals surface area contributed by atoms with Crippen LogP contribution in [0.1, 0.15) is 23.7 Å². The molecule has 0 spiro atoms. The van der Waals surface area contributed by atoms with Gasteiger partial charge in [0.05, 0.1) is 11.5 Å². The summed E-state index contributed by atoms with van der Waals surface area (Å²) in [5, 5.41) is 2.83. The summed E-state index contributed by atoms with van der Waals surface area (Å²) in [6.45, 7) is 4.03. The fourth-order valence-corrected chi connectivity index (χ4v) is 4.94. The second kappa shape index (κ2) is 7.03. The maximum Gasteiger partial charge on any atom is 0.317 e. The lowest BCUT2D eigenvalue weighted by Gasteiger charge is -2.36. The number of urea groups is 1. The van der Waals surface area contributed by atoms with Gasteiger partial charge in [0.15, 0.2) is 15.6 Å². The Labute approximate surface area is 147 Å². The summed E-state index contributed by atoms with van der Waals surface area (Å²) in [5.41, 5.74) is 1.66. The van der Waals surface area contributed by atoms with E-state index in [0.717, 1.165) is 5.69 Å². The first-order valence-electron chi connectivity index (χ1n) is 8.46. The van der Waals surface area contributed by atoms with Crippen molar-refractivity contribution in [3.63, 3.8) is 0 Å². The number of amides is 2. The molecule has 25 heavy (non-hydrogen) atoms. The summed E-state index contributed by atoms with van der Waals surface area (Å²) in [4.78, 5) is 27.7. The summed E-state index contributed by atoms with van der Waals surface area (Å²) in [6.07, 6.45) is 0.492. The van der Waals surface area contributed by atoms with Crippen LogP contribution in [0.25, 0.3) is 0 Å². The zero-order valence-electron chi connectivity index (χ0n) is 14.3. The number of hydrogen-bond donors (Lipinski definition) is 1. The van der Waals surface area contributed by atoms with Crippen LogP contribution in [0.2, 0.25) is 0 Å². The van der Waals surface area contributed by atoms with E-state index in [2.05, 4.69) is 10.2 Å². The number of benzene rings is 1. The van der Waals surface area contributed by atoms with Gasteiger partial charge in [-0.05, 0) is 25.5 Å². The van der Waals surface area contributed by atoms with Crippen LogP contribution in [0.3, 0.4) is 0 Å². The van der Waals surface area contributed by atoms with Crippen LogP contribution >= 0.6 is 0 Å². The standard InChI is InChI=1S/C17H23N3O4S/c1-13(21)14-3-2-4-16(11-14)19-6-8-20(9-7-19)17(22)18-15-5-10-25(23,24)12-15/h2-4,11,15H,5-10,12H2,1H3,(H,18,22). The molecule has 1 aromatic carbocycles. The van der Waals surface area contributed by atoms with Gasteiger partial charge in [-0.25, -0.2) is 13.2 Å². The summed E-state index contributed by atoms with van der Waals surface area (Å²) in [7, 11) is -3.00. The van der Waals surface area contributed by atoms with Gasteiger partial charge in [-0.1, -0.05) is 12.1 Å². The molecule has 2 heterocycles. The molecule has 2 aliphatic heterocycles. The normalized spacial score (nSPS) is 22.7. The van der Waals surface area contributed by atoms with Crippen molar-refractivity contribution >= 4 is 27.3 Å². The molecule has 2 fully saturated rings. The van der Waals surface area contributed by atoms with Crippen LogP contribution in [-0.2, 0) is 9.84 Å². The zero-order valence-corrected chi connectivity index (χ0v) is 15.1. The quantitative estimate of drug-likeness (QED) is 0.805. The number of nitrogens with one attached hydrogen (secondary N) is 1. The average Bonchev–Trinajstić information content (AvgIpc) is 2.93. The van der Waals surface area contributed by atoms with E-state index in [1.807, 2.05) is 18.2 Å². The van der Waals surface area contributed by atoms with E-state index >= 15 is 0 Å². The highest BCUT2D eigenvalue weighted by molar-refractivity contribution is 7.91. The van der Waals surface area contributed by atoms with Crippen LogP contribution in [-0.4, -0.2) is 68.9 Å². The molecule has 1 atom stereocenters. The van der Waals surface area contributed by atoms with E-state index in [9.17, 15) is 18.0 Å². The Bertz CT molecular complexity index is 770. The number of sulfone groups is 1. The van der Waals surface area contributed by atoms with Crippen molar-refractivity contribution in [2.45, 2.75) is 19.4 Å². The van der Waals surface area contributed by atoms with Crippen molar-refractivity contribution in [2.75, 3.05) is 42.6 Å². The number of rotatable bonds is 3. The van der Waals surface area contributed by atoms with Gasteiger partial charge >= 0.3 is 6.03 Å². The SMILES string of the molecule is CC(=O)c1cccc(N2CCN(C(=O)NC3CCS(=O)(=O)C3)CC2)c1. The summed E-state index contributed by atoms with van der Waals surface area (Å²) < 4.78 is 23.0. The lowest BCUT2D eigenvalue weighted by Crippen LogP contribution is -2.53. The molecule has 7 nitrogen and oxygen atoms in total. The predicted octanol–water partition coefficient (Wildman–Crippen LogP) is 0.908. The van der Waals surface area contributed by atoms with Gasteiger partial charge in [-0.15, -0.1) is 0 Å². The van der Waals surface area contributed by atoms with Crippen molar-refractivity contribution in [2.24, 2.45) is 0 Å². The fourth-order valence-electron chi connectivity index (χ4n) is 3.26. The second-order valence-electron chi connectivity index (χ2n) is 6.63. The average molecular weight is 365 g/mol. The Morgan fingerprint density at radius 1 is 1.16 bits per heavy atom. The first-order chi connectivity index (χ1) is 11.8.